The van der Waals surface area contributed by atoms with Crippen molar-refractivity contribution in [2.45, 2.75) is 52.7 Å². The molecule has 0 spiro atoms. The lowest BCUT2D eigenvalue weighted by Crippen LogP contribution is -2.39. The summed E-state index contributed by atoms with van der Waals surface area (Å²) in [5.74, 6) is -0.152. The summed E-state index contributed by atoms with van der Waals surface area (Å²) in [4.78, 5) is 11.3. The number of esters is 1. The number of hydrogen-bond donors (Lipinski definition) is 1. The van der Waals surface area contributed by atoms with Gasteiger partial charge in [-0.15, -0.1) is 0 Å². The van der Waals surface area contributed by atoms with E-state index in [-0.39, 0.29) is 6.10 Å². The molecule has 1 N–H and O–H groups in total. The molecule has 0 radical (unpaired) electrons. The molecule has 0 saturated carbocycles. The average Bonchev–Trinajstić information content (AvgIpc) is 2.42. The fraction of sp³-hybridized carbons (Fsp3) is 0.909. The van der Waals surface area contributed by atoms with E-state index in [4.69, 9.17) is 4.74 Å². The van der Waals surface area contributed by atoms with Gasteiger partial charge in [-0.25, -0.2) is 4.79 Å². The fourth-order valence-corrected chi connectivity index (χ4v) is 2.12. The third kappa shape index (κ3) is 1.54. The first-order valence-corrected chi connectivity index (χ1v) is 5.35. The van der Waals surface area contributed by atoms with E-state index in [1.807, 2.05) is 13.8 Å². The summed E-state index contributed by atoms with van der Waals surface area (Å²) in [5.41, 5.74) is -0.410. The molecule has 1 aliphatic rings. The molecule has 0 aromatic heterocycles. The lowest BCUT2D eigenvalue weighted by Gasteiger charge is -2.32. The third-order valence-corrected chi connectivity index (χ3v) is 3.66. The Balaban J connectivity index is 2.91. The summed E-state index contributed by atoms with van der Waals surface area (Å²) in [7, 11) is 0. The fourth-order valence-electron chi connectivity index (χ4n) is 2.12. The number of ether oxygens (including phenoxy) is 1. The molecular weight excluding hydrogens is 180 g/mol. The van der Waals surface area contributed by atoms with E-state index >= 15 is 0 Å². The van der Waals surface area contributed by atoms with Crippen LogP contribution >= 0.6 is 0 Å². The van der Waals surface area contributed by atoms with Crippen LogP contribution in [0.4, 0.5) is 0 Å². The molecular formula is C11H20O3. The molecule has 1 fully saturated rings. The van der Waals surface area contributed by atoms with E-state index < -0.39 is 17.5 Å². The Labute approximate surface area is 85.5 Å². The maximum Gasteiger partial charge on any atom is 0.335 e. The predicted molar refractivity (Wildman–Crippen MR) is 53.7 cm³/mol. The Morgan fingerprint density at radius 1 is 1.57 bits per heavy atom. The minimum absolute atomic E-state index is 0.139. The third-order valence-electron chi connectivity index (χ3n) is 3.66. The van der Waals surface area contributed by atoms with Gasteiger partial charge in [-0.05, 0) is 12.3 Å². The van der Waals surface area contributed by atoms with E-state index in [9.17, 15) is 9.90 Å². The van der Waals surface area contributed by atoms with Crippen LogP contribution in [0.3, 0.4) is 0 Å². The maximum absolute atomic E-state index is 11.3. The van der Waals surface area contributed by atoms with Crippen molar-refractivity contribution in [3.8, 4) is 0 Å². The molecule has 1 heterocycles. The molecule has 14 heavy (non-hydrogen) atoms. The molecule has 82 valence electrons. The molecule has 0 aromatic carbocycles. The highest BCUT2D eigenvalue weighted by Gasteiger charge is 2.53. The Hall–Kier alpha value is -0.570. The summed E-state index contributed by atoms with van der Waals surface area (Å²) in [6.07, 6.45) is 0.626. The van der Waals surface area contributed by atoms with E-state index in [1.54, 1.807) is 0 Å². The van der Waals surface area contributed by atoms with Crippen LogP contribution in [0.5, 0.6) is 0 Å². The van der Waals surface area contributed by atoms with Gasteiger partial charge >= 0.3 is 5.97 Å². The number of cyclic esters (lactones) is 1. The van der Waals surface area contributed by atoms with Crippen molar-refractivity contribution in [1.29, 1.82) is 0 Å². The first-order chi connectivity index (χ1) is 6.47. The van der Waals surface area contributed by atoms with Crippen LogP contribution in [-0.2, 0) is 9.53 Å². The van der Waals surface area contributed by atoms with Crippen molar-refractivity contribution in [2.24, 2.45) is 11.3 Å². The van der Waals surface area contributed by atoms with E-state index in [0.29, 0.717) is 5.92 Å². The number of hydrogen-bond acceptors (Lipinski definition) is 3. The zero-order valence-electron chi connectivity index (χ0n) is 9.41. The Kier molecular flexibility index (Phi) is 3.20. The van der Waals surface area contributed by atoms with Gasteiger partial charge in [-0.2, -0.15) is 0 Å². The summed E-state index contributed by atoms with van der Waals surface area (Å²) in [6, 6.07) is 0. The van der Waals surface area contributed by atoms with Crippen molar-refractivity contribution in [1.82, 2.24) is 0 Å². The van der Waals surface area contributed by atoms with Gasteiger partial charge < -0.3 is 9.84 Å². The van der Waals surface area contributed by atoms with Crippen molar-refractivity contribution in [3.05, 3.63) is 0 Å². The second-order valence-electron chi connectivity index (χ2n) is 4.50. The first-order valence-electron chi connectivity index (χ1n) is 5.35. The minimum Gasteiger partial charge on any atom is -0.459 e. The zero-order chi connectivity index (χ0) is 10.9. The second-order valence-corrected chi connectivity index (χ2v) is 4.50. The molecule has 1 rings (SSSR count). The van der Waals surface area contributed by atoms with Gasteiger partial charge in [0.2, 0.25) is 0 Å². The van der Waals surface area contributed by atoms with E-state index in [2.05, 4.69) is 13.8 Å². The lowest BCUT2D eigenvalue weighted by molar-refractivity contribution is -0.148. The topological polar surface area (TPSA) is 46.5 Å². The van der Waals surface area contributed by atoms with Gasteiger partial charge in [-0.1, -0.05) is 34.1 Å². The van der Waals surface area contributed by atoms with Gasteiger partial charge in [0, 0.05) is 5.41 Å². The summed E-state index contributed by atoms with van der Waals surface area (Å²) in [6.45, 7) is 8.04. The van der Waals surface area contributed by atoms with Crippen LogP contribution in [0.1, 0.15) is 40.5 Å². The molecule has 0 aromatic rings. The number of carbonyl (C=O) groups is 1. The monoisotopic (exact) mass is 200 g/mol. The second kappa shape index (κ2) is 3.89. The van der Waals surface area contributed by atoms with Crippen LogP contribution in [0.2, 0.25) is 0 Å². The van der Waals surface area contributed by atoms with Crippen LogP contribution in [-0.4, -0.2) is 23.3 Å². The molecule has 0 amide bonds. The molecule has 1 aliphatic heterocycles. The van der Waals surface area contributed by atoms with Crippen LogP contribution in [0.25, 0.3) is 0 Å². The van der Waals surface area contributed by atoms with Gasteiger partial charge in [0.05, 0.1) is 0 Å². The van der Waals surface area contributed by atoms with Crippen LogP contribution < -0.4 is 0 Å². The highest BCUT2D eigenvalue weighted by molar-refractivity contribution is 5.78. The molecule has 4 unspecified atom stereocenters. The van der Waals surface area contributed by atoms with Crippen molar-refractivity contribution >= 4 is 5.97 Å². The first kappa shape index (κ1) is 11.5. The Morgan fingerprint density at radius 2 is 2.14 bits per heavy atom. The zero-order valence-corrected chi connectivity index (χ0v) is 9.41. The van der Waals surface area contributed by atoms with Gasteiger partial charge in [-0.3, -0.25) is 0 Å². The van der Waals surface area contributed by atoms with Crippen LogP contribution in [0.15, 0.2) is 0 Å². The smallest absolute Gasteiger partial charge is 0.335 e. The van der Waals surface area contributed by atoms with Gasteiger partial charge in [0.15, 0.2) is 6.10 Å². The largest absolute Gasteiger partial charge is 0.459 e. The van der Waals surface area contributed by atoms with Gasteiger partial charge in [0.1, 0.15) is 6.10 Å². The number of carbonyl (C=O) groups excluding carboxylic acids is 1. The number of rotatable bonds is 3. The molecule has 1 saturated heterocycles. The standard InChI is InChI=1S/C11H20O3/c1-5-7(3)9-11(4,6-2)8(12)10(13)14-9/h7-9,12H,5-6H2,1-4H3. The molecule has 0 bridgehead atoms. The van der Waals surface area contributed by atoms with Crippen LogP contribution in [0, 0.1) is 11.3 Å². The number of aliphatic hydroxyl groups excluding tert-OH is 1. The molecule has 3 heteroatoms. The van der Waals surface area contributed by atoms with Crippen molar-refractivity contribution in [3.63, 3.8) is 0 Å². The summed E-state index contributed by atoms with van der Waals surface area (Å²) >= 11 is 0. The van der Waals surface area contributed by atoms with E-state index in [1.165, 1.54) is 0 Å². The molecule has 4 atom stereocenters. The lowest BCUT2D eigenvalue weighted by atomic mass is 9.73. The summed E-state index contributed by atoms with van der Waals surface area (Å²) < 4.78 is 5.24. The van der Waals surface area contributed by atoms with Gasteiger partial charge in [0.25, 0.3) is 0 Å². The van der Waals surface area contributed by atoms with Crippen molar-refractivity contribution < 1.29 is 14.6 Å². The molecule has 0 aliphatic carbocycles. The Bertz CT molecular complexity index is 227. The highest BCUT2D eigenvalue weighted by atomic mass is 16.6. The normalized spacial score (nSPS) is 39.6. The highest BCUT2D eigenvalue weighted by Crippen LogP contribution is 2.42. The molecule has 3 nitrogen and oxygen atoms in total. The average molecular weight is 200 g/mol. The van der Waals surface area contributed by atoms with E-state index in [0.717, 1.165) is 12.8 Å². The quantitative estimate of drug-likeness (QED) is 0.706. The minimum atomic E-state index is -0.952. The SMILES string of the molecule is CCC(C)C1OC(=O)C(O)C1(C)CC. The number of aliphatic hydroxyl groups is 1. The predicted octanol–water partition coefficient (Wildman–Crippen LogP) is 1.74. The van der Waals surface area contributed by atoms with Crippen molar-refractivity contribution in [2.75, 3.05) is 0 Å². The maximum atomic E-state index is 11.3. The Morgan fingerprint density at radius 3 is 2.57 bits per heavy atom. The summed E-state index contributed by atoms with van der Waals surface area (Å²) in [5, 5.41) is 9.76.